The van der Waals surface area contributed by atoms with Gasteiger partial charge in [-0.3, -0.25) is 0 Å². The molecule has 0 fully saturated rings. The van der Waals surface area contributed by atoms with Gasteiger partial charge in [-0.1, -0.05) is 30.7 Å². The first-order chi connectivity index (χ1) is 5.74. The van der Waals surface area contributed by atoms with Gasteiger partial charge in [0.15, 0.2) is 0 Å². The number of halogens is 1. The van der Waals surface area contributed by atoms with Crippen molar-refractivity contribution in [1.29, 1.82) is 0 Å². The number of aliphatic imine (C=N–C) groups is 1. The lowest BCUT2D eigenvalue weighted by molar-refractivity contribution is 1.04. The second-order valence-corrected chi connectivity index (χ2v) is 3.19. The van der Waals surface area contributed by atoms with E-state index in [4.69, 9.17) is 11.6 Å². The molecule has 0 spiro atoms. The van der Waals surface area contributed by atoms with E-state index in [0.717, 1.165) is 5.02 Å². The van der Waals surface area contributed by atoms with Crippen LogP contribution in [0.2, 0.25) is 5.02 Å². The molecule has 1 aromatic rings. The predicted molar refractivity (Wildman–Crippen MR) is 54.3 cm³/mol. The van der Waals surface area contributed by atoms with Crippen LogP contribution < -0.4 is 0 Å². The summed E-state index contributed by atoms with van der Waals surface area (Å²) in [4.78, 5) is 3.97. The molecule has 0 aliphatic heterocycles. The van der Waals surface area contributed by atoms with Gasteiger partial charge in [0.25, 0.3) is 0 Å². The quantitative estimate of drug-likeness (QED) is 0.622. The number of benzene rings is 1. The van der Waals surface area contributed by atoms with Crippen LogP contribution in [0.5, 0.6) is 0 Å². The van der Waals surface area contributed by atoms with Crippen LogP contribution in [-0.2, 0) is 0 Å². The fourth-order valence-electron chi connectivity index (χ4n) is 1.10. The third-order valence-corrected chi connectivity index (χ3v) is 1.98. The van der Waals surface area contributed by atoms with Gasteiger partial charge in [0.2, 0.25) is 0 Å². The Balaban J connectivity index is 2.87. The smallest absolute Gasteiger partial charge is 0.0408 e. The predicted octanol–water partition coefficient (Wildman–Crippen LogP) is 3.14. The molecule has 0 aromatic heterocycles. The average Bonchev–Trinajstić information content (AvgIpc) is 2.05. The van der Waals surface area contributed by atoms with Gasteiger partial charge >= 0.3 is 0 Å². The zero-order valence-corrected chi connectivity index (χ0v) is 8.05. The fraction of sp³-hybridized carbons (Fsp3) is 0.300. The van der Waals surface area contributed by atoms with Crippen LogP contribution in [0.1, 0.15) is 18.4 Å². The van der Waals surface area contributed by atoms with Gasteiger partial charge in [-0.25, -0.2) is 0 Å². The molecule has 2 heteroatoms. The number of hydrogen-bond donors (Lipinski definition) is 0. The van der Waals surface area contributed by atoms with E-state index in [1.807, 2.05) is 24.4 Å². The summed E-state index contributed by atoms with van der Waals surface area (Å²) in [6.07, 6.45) is 1.91. The number of hydrogen-bond acceptors (Lipinski definition) is 1. The topological polar surface area (TPSA) is 12.4 Å². The van der Waals surface area contributed by atoms with E-state index in [2.05, 4.69) is 18.0 Å². The molecular weight excluding hydrogens is 170 g/mol. The Morgan fingerprint density at radius 2 is 2.25 bits per heavy atom. The first kappa shape index (κ1) is 9.27. The van der Waals surface area contributed by atoms with Gasteiger partial charge in [-0.15, -0.1) is 0 Å². The Bertz CT molecular complexity index is 281. The summed E-state index contributed by atoms with van der Waals surface area (Å²) < 4.78 is 0. The van der Waals surface area contributed by atoms with Crippen LogP contribution in [-0.4, -0.2) is 13.3 Å². The maximum Gasteiger partial charge on any atom is 0.0408 e. The molecule has 1 atom stereocenters. The zero-order chi connectivity index (χ0) is 8.97. The molecule has 0 amide bonds. The van der Waals surface area contributed by atoms with Gasteiger partial charge in [0.1, 0.15) is 0 Å². The van der Waals surface area contributed by atoms with Crippen LogP contribution in [0.15, 0.2) is 29.3 Å². The molecule has 0 heterocycles. The molecule has 0 saturated heterocycles. The second kappa shape index (κ2) is 4.27. The van der Waals surface area contributed by atoms with Crippen LogP contribution >= 0.6 is 11.6 Å². The Kier molecular flexibility index (Phi) is 3.30. The Morgan fingerprint density at radius 1 is 1.50 bits per heavy atom. The van der Waals surface area contributed by atoms with E-state index >= 15 is 0 Å². The molecule has 1 rings (SSSR count). The molecule has 0 radical (unpaired) electrons. The summed E-state index contributed by atoms with van der Waals surface area (Å²) in [5.74, 6) is 0.341. The molecule has 64 valence electrons. The highest BCUT2D eigenvalue weighted by molar-refractivity contribution is 6.30. The SMILES string of the molecule is CN=CC(C)c1cccc(Cl)c1. The minimum atomic E-state index is 0.341. The highest BCUT2D eigenvalue weighted by atomic mass is 35.5. The van der Waals surface area contributed by atoms with Crippen molar-refractivity contribution in [3.05, 3.63) is 34.9 Å². The van der Waals surface area contributed by atoms with E-state index in [0.29, 0.717) is 5.92 Å². The lowest BCUT2D eigenvalue weighted by Gasteiger charge is -2.05. The van der Waals surface area contributed by atoms with Crippen molar-refractivity contribution >= 4 is 17.8 Å². The third kappa shape index (κ3) is 2.35. The molecule has 1 aromatic carbocycles. The minimum absolute atomic E-state index is 0.341. The van der Waals surface area contributed by atoms with Crippen LogP contribution in [0, 0.1) is 0 Å². The highest BCUT2D eigenvalue weighted by Crippen LogP contribution is 2.17. The van der Waals surface area contributed by atoms with Crippen LogP contribution in [0.25, 0.3) is 0 Å². The van der Waals surface area contributed by atoms with Crippen molar-refractivity contribution in [1.82, 2.24) is 0 Å². The standard InChI is InChI=1S/C10H12ClN/c1-8(7-12-2)9-4-3-5-10(11)6-9/h3-8H,1-2H3. The first-order valence-electron chi connectivity index (χ1n) is 3.92. The normalized spacial score (nSPS) is 13.6. The van der Waals surface area contributed by atoms with E-state index in [1.54, 1.807) is 7.05 Å². The van der Waals surface area contributed by atoms with Crippen molar-refractivity contribution in [3.63, 3.8) is 0 Å². The Morgan fingerprint density at radius 3 is 2.83 bits per heavy atom. The van der Waals surface area contributed by atoms with Crippen LogP contribution in [0.3, 0.4) is 0 Å². The lowest BCUT2D eigenvalue weighted by Crippen LogP contribution is -1.93. The molecule has 0 aliphatic carbocycles. The summed E-state index contributed by atoms with van der Waals surface area (Å²) in [6, 6.07) is 7.85. The molecule has 0 saturated carbocycles. The maximum atomic E-state index is 5.84. The molecular formula is C10H12ClN. The van der Waals surface area contributed by atoms with E-state index in [1.165, 1.54) is 5.56 Å². The largest absolute Gasteiger partial charge is 0.300 e. The van der Waals surface area contributed by atoms with Gasteiger partial charge in [-0.2, -0.15) is 0 Å². The van der Waals surface area contributed by atoms with Gasteiger partial charge in [0, 0.05) is 24.2 Å². The molecule has 12 heavy (non-hydrogen) atoms. The summed E-state index contributed by atoms with van der Waals surface area (Å²) >= 11 is 5.84. The molecule has 1 nitrogen and oxygen atoms in total. The first-order valence-corrected chi connectivity index (χ1v) is 4.29. The van der Waals surface area contributed by atoms with Crippen LogP contribution in [0.4, 0.5) is 0 Å². The summed E-state index contributed by atoms with van der Waals surface area (Å²) in [7, 11) is 1.78. The monoisotopic (exact) mass is 181 g/mol. The second-order valence-electron chi connectivity index (χ2n) is 2.75. The van der Waals surface area contributed by atoms with Crippen molar-refractivity contribution in [3.8, 4) is 0 Å². The minimum Gasteiger partial charge on any atom is -0.300 e. The van der Waals surface area contributed by atoms with Gasteiger partial charge in [0.05, 0.1) is 0 Å². The van der Waals surface area contributed by atoms with Crippen molar-refractivity contribution in [2.24, 2.45) is 4.99 Å². The number of rotatable bonds is 2. The third-order valence-electron chi connectivity index (χ3n) is 1.75. The molecule has 0 bridgehead atoms. The summed E-state index contributed by atoms with van der Waals surface area (Å²) in [5.41, 5.74) is 1.20. The molecule has 1 unspecified atom stereocenters. The Labute approximate surface area is 78.1 Å². The summed E-state index contributed by atoms with van der Waals surface area (Å²) in [5, 5.41) is 0.781. The fourth-order valence-corrected chi connectivity index (χ4v) is 1.30. The maximum absolute atomic E-state index is 5.84. The van der Waals surface area contributed by atoms with E-state index in [9.17, 15) is 0 Å². The van der Waals surface area contributed by atoms with Crippen molar-refractivity contribution in [2.45, 2.75) is 12.8 Å². The van der Waals surface area contributed by atoms with Gasteiger partial charge < -0.3 is 4.99 Å². The zero-order valence-electron chi connectivity index (χ0n) is 7.29. The van der Waals surface area contributed by atoms with Crippen molar-refractivity contribution < 1.29 is 0 Å². The Hall–Kier alpha value is -0.820. The average molecular weight is 182 g/mol. The molecule has 0 N–H and O–H groups in total. The van der Waals surface area contributed by atoms with Crippen molar-refractivity contribution in [2.75, 3.05) is 7.05 Å². The van der Waals surface area contributed by atoms with E-state index < -0.39 is 0 Å². The van der Waals surface area contributed by atoms with E-state index in [-0.39, 0.29) is 0 Å². The van der Waals surface area contributed by atoms with Gasteiger partial charge in [-0.05, 0) is 17.7 Å². The summed E-state index contributed by atoms with van der Waals surface area (Å²) in [6.45, 7) is 2.10. The number of nitrogens with zero attached hydrogens (tertiary/aromatic N) is 1. The highest BCUT2D eigenvalue weighted by Gasteiger charge is 2.01. The lowest BCUT2D eigenvalue weighted by atomic mass is 10.0. The molecule has 0 aliphatic rings.